The van der Waals surface area contributed by atoms with E-state index in [-0.39, 0.29) is 23.7 Å². The number of rotatable bonds is 6. The van der Waals surface area contributed by atoms with Crippen molar-refractivity contribution < 1.29 is 22.4 Å². The van der Waals surface area contributed by atoms with Gasteiger partial charge in [0.25, 0.3) is 5.91 Å². The lowest BCUT2D eigenvalue weighted by Crippen LogP contribution is -2.25. The van der Waals surface area contributed by atoms with E-state index in [4.69, 9.17) is 10.2 Å². The molecule has 0 aliphatic heterocycles. The fourth-order valence-corrected chi connectivity index (χ4v) is 3.40. The monoisotopic (exact) mass is 428 g/mol. The average molecular weight is 428 g/mol. The standard InChI is InChI=1S/C22H19F3N4O2/c23-22(24,25)16-7-3-1-5-13(16)10-28-20(30)19-12-31-21(29-19)17(26)9-14-11-27-18-8-4-2-6-15(14)18/h1-8,11-12,17,27H,9-10,26H2,(H,28,30). The highest BCUT2D eigenvalue weighted by molar-refractivity contribution is 5.91. The highest BCUT2D eigenvalue weighted by atomic mass is 19.4. The van der Waals surface area contributed by atoms with Crippen LogP contribution in [-0.4, -0.2) is 15.9 Å². The van der Waals surface area contributed by atoms with E-state index in [1.165, 1.54) is 18.2 Å². The van der Waals surface area contributed by atoms with Gasteiger partial charge in [0.15, 0.2) is 5.69 Å². The van der Waals surface area contributed by atoms with Crippen LogP contribution in [0.4, 0.5) is 13.2 Å². The molecule has 9 heteroatoms. The Labute approximate surface area is 175 Å². The third-order valence-corrected chi connectivity index (χ3v) is 4.95. The molecule has 31 heavy (non-hydrogen) atoms. The number of benzene rings is 2. The van der Waals surface area contributed by atoms with Crippen molar-refractivity contribution in [1.82, 2.24) is 15.3 Å². The van der Waals surface area contributed by atoms with Gasteiger partial charge in [-0.25, -0.2) is 4.98 Å². The van der Waals surface area contributed by atoms with Crippen molar-refractivity contribution in [2.75, 3.05) is 0 Å². The second-order valence-electron chi connectivity index (χ2n) is 7.08. The van der Waals surface area contributed by atoms with E-state index in [0.29, 0.717) is 6.42 Å². The van der Waals surface area contributed by atoms with Crippen LogP contribution in [0.3, 0.4) is 0 Å². The zero-order chi connectivity index (χ0) is 22.0. The zero-order valence-corrected chi connectivity index (χ0v) is 16.2. The predicted molar refractivity (Wildman–Crippen MR) is 108 cm³/mol. The summed E-state index contributed by atoms with van der Waals surface area (Å²) < 4.78 is 44.6. The number of hydrogen-bond donors (Lipinski definition) is 3. The second-order valence-corrected chi connectivity index (χ2v) is 7.08. The zero-order valence-electron chi connectivity index (χ0n) is 16.2. The molecule has 0 saturated heterocycles. The summed E-state index contributed by atoms with van der Waals surface area (Å²) in [6.07, 6.45) is -1.06. The van der Waals surface area contributed by atoms with Crippen molar-refractivity contribution in [2.24, 2.45) is 5.73 Å². The van der Waals surface area contributed by atoms with E-state index in [9.17, 15) is 18.0 Å². The number of para-hydroxylation sites is 1. The van der Waals surface area contributed by atoms with Gasteiger partial charge in [0.05, 0.1) is 11.6 Å². The number of amides is 1. The van der Waals surface area contributed by atoms with Crippen LogP contribution in [0.5, 0.6) is 0 Å². The van der Waals surface area contributed by atoms with Crippen molar-refractivity contribution in [1.29, 1.82) is 0 Å². The normalized spacial score (nSPS) is 12.8. The number of hydrogen-bond acceptors (Lipinski definition) is 4. The van der Waals surface area contributed by atoms with Gasteiger partial charge >= 0.3 is 6.18 Å². The van der Waals surface area contributed by atoms with Crippen LogP contribution in [0, 0.1) is 0 Å². The molecule has 0 aliphatic carbocycles. The van der Waals surface area contributed by atoms with Gasteiger partial charge in [-0.3, -0.25) is 4.79 Å². The summed E-state index contributed by atoms with van der Waals surface area (Å²) in [5.74, 6) is -0.475. The number of oxazole rings is 1. The summed E-state index contributed by atoms with van der Waals surface area (Å²) in [4.78, 5) is 19.6. The molecule has 2 aromatic carbocycles. The highest BCUT2D eigenvalue weighted by Gasteiger charge is 2.33. The molecule has 0 radical (unpaired) electrons. The largest absolute Gasteiger partial charge is 0.446 e. The first-order valence-corrected chi connectivity index (χ1v) is 9.52. The van der Waals surface area contributed by atoms with Gasteiger partial charge in [-0.15, -0.1) is 0 Å². The van der Waals surface area contributed by atoms with E-state index in [1.807, 2.05) is 30.5 Å². The number of alkyl halides is 3. The van der Waals surface area contributed by atoms with Crippen molar-refractivity contribution in [3.63, 3.8) is 0 Å². The van der Waals surface area contributed by atoms with Crippen molar-refractivity contribution >= 4 is 16.8 Å². The van der Waals surface area contributed by atoms with E-state index < -0.39 is 23.7 Å². The third-order valence-electron chi connectivity index (χ3n) is 4.95. The van der Waals surface area contributed by atoms with Crippen molar-refractivity contribution in [3.8, 4) is 0 Å². The fraction of sp³-hybridized carbons (Fsp3) is 0.182. The molecule has 6 nitrogen and oxygen atoms in total. The first-order chi connectivity index (χ1) is 14.8. The highest BCUT2D eigenvalue weighted by Crippen LogP contribution is 2.31. The Hall–Kier alpha value is -3.59. The molecule has 1 unspecified atom stereocenters. The summed E-state index contributed by atoms with van der Waals surface area (Å²) in [5.41, 5.74) is 7.28. The lowest BCUT2D eigenvalue weighted by Gasteiger charge is -2.12. The maximum absolute atomic E-state index is 13.1. The number of carbonyl (C=O) groups is 1. The van der Waals surface area contributed by atoms with Gasteiger partial charge in [0, 0.05) is 23.6 Å². The minimum Gasteiger partial charge on any atom is -0.446 e. The minimum atomic E-state index is -4.50. The average Bonchev–Trinajstić information content (AvgIpc) is 3.40. The molecule has 2 heterocycles. The molecule has 2 aromatic heterocycles. The lowest BCUT2D eigenvalue weighted by atomic mass is 10.1. The Morgan fingerprint density at radius 3 is 2.68 bits per heavy atom. The summed E-state index contributed by atoms with van der Waals surface area (Å²) in [7, 11) is 0. The quantitative estimate of drug-likeness (QED) is 0.425. The molecule has 160 valence electrons. The number of nitrogens with two attached hydrogens (primary N) is 1. The molecule has 4 aromatic rings. The van der Waals surface area contributed by atoms with E-state index >= 15 is 0 Å². The number of carbonyl (C=O) groups excluding carboxylic acids is 1. The smallest absolute Gasteiger partial charge is 0.416 e. The predicted octanol–water partition coefficient (Wildman–Crippen LogP) is 4.35. The Balaban J connectivity index is 1.42. The molecule has 1 amide bonds. The molecular weight excluding hydrogens is 409 g/mol. The van der Waals surface area contributed by atoms with Crippen LogP contribution in [-0.2, 0) is 19.1 Å². The van der Waals surface area contributed by atoms with E-state index in [0.717, 1.165) is 28.8 Å². The molecule has 4 rings (SSSR count). The van der Waals surface area contributed by atoms with E-state index in [2.05, 4.69) is 15.3 Å². The molecule has 0 bridgehead atoms. The number of nitrogens with one attached hydrogen (secondary N) is 2. The Bertz CT molecular complexity index is 1210. The first-order valence-electron chi connectivity index (χ1n) is 9.52. The summed E-state index contributed by atoms with van der Waals surface area (Å²) >= 11 is 0. The van der Waals surface area contributed by atoms with Gasteiger partial charge in [0.1, 0.15) is 6.26 Å². The van der Waals surface area contributed by atoms with Gasteiger partial charge in [-0.05, 0) is 29.7 Å². The topological polar surface area (TPSA) is 96.9 Å². The maximum Gasteiger partial charge on any atom is 0.416 e. The molecule has 0 aliphatic rings. The van der Waals surface area contributed by atoms with Gasteiger partial charge in [0.2, 0.25) is 5.89 Å². The third kappa shape index (κ3) is 4.46. The van der Waals surface area contributed by atoms with Crippen LogP contribution in [0.15, 0.2) is 65.4 Å². The number of H-pyrrole nitrogens is 1. The Morgan fingerprint density at radius 2 is 1.87 bits per heavy atom. The number of fused-ring (bicyclic) bond motifs is 1. The molecule has 0 fully saturated rings. The van der Waals surface area contributed by atoms with Crippen LogP contribution >= 0.6 is 0 Å². The van der Waals surface area contributed by atoms with E-state index in [1.54, 1.807) is 0 Å². The van der Waals surface area contributed by atoms with Gasteiger partial charge in [-0.1, -0.05) is 36.4 Å². The van der Waals surface area contributed by atoms with Crippen molar-refractivity contribution in [3.05, 3.63) is 89.3 Å². The summed E-state index contributed by atoms with van der Waals surface area (Å²) in [5, 5.41) is 3.48. The molecular formula is C22H19F3N4O2. The summed E-state index contributed by atoms with van der Waals surface area (Å²) in [6.45, 7) is -0.294. The minimum absolute atomic E-state index is 0.0388. The molecule has 0 saturated carbocycles. The number of nitrogens with zero attached hydrogens (tertiary/aromatic N) is 1. The van der Waals surface area contributed by atoms with Gasteiger partial charge < -0.3 is 20.5 Å². The van der Waals surface area contributed by atoms with Crippen LogP contribution in [0.1, 0.15) is 39.1 Å². The fourth-order valence-electron chi connectivity index (χ4n) is 3.40. The summed E-state index contributed by atoms with van der Waals surface area (Å²) in [6, 6.07) is 12.3. The van der Waals surface area contributed by atoms with Crippen LogP contribution in [0.2, 0.25) is 0 Å². The number of halogens is 3. The molecule has 4 N–H and O–H groups in total. The lowest BCUT2D eigenvalue weighted by molar-refractivity contribution is -0.138. The first kappa shape index (κ1) is 20.7. The maximum atomic E-state index is 13.1. The number of aromatic amines is 1. The SMILES string of the molecule is NC(Cc1c[nH]c2ccccc12)c1nc(C(=O)NCc2ccccc2C(F)(F)F)co1. The van der Waals surface area contributed by atoms with Crippen LogP contribution in [0.25, 0.3) is 10.9 Å². The molecule has 0 spiro atoms. The molecule has 1 atom stereocenters. The Kier molecular flexibility index (Phi) is 5.51. The Morgan fingerprint density at radius 1 is 1.13 bits per heavy atom. The number of aromatic nitrogens is 2. The van der Waals surface area contributed by atoms with Gasteiger partial charge in [-0.2, -0.15) is 13.2 Å². The van der Waals surface area contributed by atoms with Crippen LogP contribution < -0.4 is 11.1 Å². The second kappa shape index (κ2) is 8.27. The van der Waals surface area contributed by atoms with Crippen molar-refractivity contribution in [2.45, 2.75) is 25.2 Å².